The van der Waals surface area contributed by atoms with Crippen molar-refractivity contribution in [2.75, 3.05) is 18.4 Å². The van der Waals surface area contributed by atoms with Crippen molar-refractivity contribution in [3.8, 4) is 0 Å². The zero-order valence-electron chi connectivity index (χ0n) is 13.0. The van der Waals surface area contributed by atoms with Gasteiger partial charge in [-0.15, -0.1) is 11.3 Å². The van der Waals surface area contributed by atoms with Gasteiger partial charge in [-0.25, -0.2) is 0 Å². The molecule has 3 aromatic rings. The lowest BCUT2D eigenvalue weighted by molar-refractivity contribution is 0.0765. The molecule has 3 heterocycles. The van der Waals surface area contributed by atoms with Crippen LogP contribution in [0, 0.1) is 0 Å². The van der Waals surface area contributed by atoms with Crippen molar-refractivity contribution in [3.63, 3.8) is 0 Å². The Bertz CT molecular complexity index is 892. The summed E-state index contributed by atoms with van der Waals surface area (Å²) in [5, 5.41) is 5.46. The van der Waals surface area contributed by atoms with Crippen molar-refractivity contribution in [2.24, 2.45) is 0 Å². The van der Waals surface area contributed by atoms with Crippen LogP contribution in [0.3, 0.4) is 0 Å². The molecule has 0 bridgehead atoms. The molecule has 2 amide bonds. The highest BCUT2D eigenvalue weighted by Gasteiger charge is 2.28. The normalized spacial score (nSPS) is 14.2. The summed E-state index contributed by atoms with van der Waals surface area (Å²) in [4.78, 5) is 27.6. The van der Waals surface area contributed by atoms with Crippen molar-refractivity contribution in [1.29, 1.82) is 0 Å². The van der Waals surface area contributed by atoms with Crippen molar-refractivity contribution >= 4 is 39.8 Å². The predicted octanol–water partition coefficient (Wildman–Crippen LogP) is 3.98. The Morgan fingerprint density at radius 3 is 2.62 bits per heavy atom. The molecule has 0 spiro atoms. The number of amides is 2. The summed E-state index contributed by atoms with van der Waals surface area (Å²) in [5.41, 5.74) is 1.06. The third-order valence-corrected chi connectivity index (χ3v) is 5.04. The molecule has 0 saturated carbocycles. The number of nitrogens with zero attached hydrogens (tertiary/aromatic N) is 1. The topological polar surface area (TPSA) is 62.6 Å². The van der Waals surface area contributed by atoms with Crippen LogP contribution < -0.4 is 5.32 Å². The van der Waals surface area contributed by atoms with Gasteiger partial charge in [0.2, 0.25) is 5.76 Å². The summed E-state index contributed by atoms with van der Waals surface area (Å²) in [5.74, 6) is -0.180. The average Bonchev–Trinajstić information content (AvgIpc) is 3.35. The zero-order valence-corrected chi connectivity index (χ0v) is 13.8. The first-order valence-corrected chi connectivity index (χ1v) is 8.77. The van der Waals surface area contributed by atoms with Crippen LogP contribution in [0.5, 0.6) is 0 Å². The minimum atomic E-state index is -0.230. The fraction of sp³-hybridized carbons (Fsp3) is 0.222. The Hall–Kier alpha value is -2.60. The molecule has 1 N–H and O–H groups in total. The summed E-state index contributed by atoms with van der Waals surface area (Å²) in [6.45, 7) is 1.46. The van der Waals surface area contributed by atoms with Crippen molar-refractivity contribution < 1.29 is 14.0 Å². The van der Waals surface area contributed by atoms with Gasteiger partial charge in [-0.05, 0) is 36.4 Å². The second-order valence-corrected chi connectivity index (χ2v) is 6.68. The number of rotatable bonds is 3. The number of nitrogens with one attached hydrogen (secondary N) is 1. The summed E-state index contributed by atoms with van der Waals surface area (Å²) < 4.78 is 5.79. The third-order valence-electron chi connectivity index (χ3n) is 4.17. The largest absolute Gasteiger partial charge is 0.449 e. The summed E-state index contributed by atoms with van der Waals surface area (Å²) >= 11 is 1.36. The van der Waals surface area contributed by atoms with Crippen LogP contribution in [-0.4, -0.2) is 29.8 Å². The van der Waals surface area contributed by atoms with Gasteiger partial charge < -0.3 is 14.6 Å². The smallest absolute Gasteiger partial charge is 0.291 e. The van der Waals surface area contributed by atoms with Crippen LogP contribution in [0.1, 0.15) is 33.1 Å². The molecular formula is C18H16N2O3S. The highest BCUT2D eigenvalue weighted by molar-refractivity contribution is 7.12. The second-order valence-electron chi connectivity index (χ2n) is 5.73. The molecule has 122 valence electrons. The minimum absolute atomic E-state index is 0.162. The van der Waals surface area contributed by atoms with Gasteiger partial charge in [-0.3, -0.25) is 9.59 Å². The fourth-order valence-corrected chi connectivity index (χ4v) is 3.59. The molecule has 0 aliphatic carbocycles. The number of carbonyl (C=O) groups is 2. The van der Waals surface area contributed by atoms with E-state index in [-0.39, 0.29) is 17.6 Å². The van der Waals surface area contributed by atoms with E-state index in [0.717, 1.165) is 31.3 Å². The van der Waals surface area contributed by atoms with Gasteiger partial charge in [0.15, 0.2) is 0 Å². The van der Waals surface area contributed by atoms with E-state index < -0.39 is 0 Å². The number of fused-ring (bicyclic) bond motifs is 1. The van der Waals surface area contributed by atoms with Gasteiger partial charge in [0.05, 0.1) is 4.88 Å². The molecular weight excluding hydrogens is 324 g/mol. The quantitative estimate of drug-likeness (QED) is 0.784. The molecule has 1 saturated heterocycles. The first-order chi connectivity index (χ1) is 11.7. The number of furan rings is 1. The molecule has 0 atom stereocenters. The van der Waals surface area contributed by atoms with Gasteiger partial charge in [-0.2, -0.15) is 0 Å². The minimum Gasteiger partial charge on any atom is -0.449 e. The number of likely N-dealkylation sites (tertiary alicyclic amines) is 1. The molecule has 1 aromatic carbocycles. The van der Waals surface area contributed by atoms with Gasteiger partial charge in [0.25, 0.3) is 11.8 Å². The van der Waals surface area contributed by atoms with E-state index >= 15 is 0 Å². The number of anilines is 1. The highest BCUT2D eigenvalue weighted by atomic mass is 32.1. The van der Waals surface area contributed by atoms with E-state index in [1.165, 1.54) is 11.3 Å². The van der Waals surface area contributed by atoms with Gasteiger partial charge in [0.1, 0.15) is 11.3 Å². The lowest BCUT2D eigenvalue weighted by Gasteiger charge is -2.14. The van der Waals surface area contributed by atoms with Gasteiger partial charge >= 0.3 is 0 Å². The molecule has 6 heteroatoms. The van der Waals surface area contributed by atoms with Gasteiger partial charge in [-0.1, -0.05) is 18.2 Å². The molecule has 5 nitrogen and oxygen atoms in total. The van der Waals surface area contributed by atoms with Crippen LogP contribution in [0.15, 0.2) is 46.2 Å². The number of thiophene rings is 1. The fourth-order valence-electron chi connectivity index (χ4n) is 2.97. The number of benzene rings is 1. The van der Waals surface area contributed by atoms with E-state index in [9.17, 15) is 9.59 Å². The summed E-state index contributed by atoms with van der Waals surface area (Å²) in [6.07, 6.45) is 2.01. The monoisotopic (exact) mass is 340 g/mol. The molecule has 0 unspecified atom stereocenters. The Morgan fingerprint density at radius 1 is 1.08 bits per heavy atom. The maximum absolute atomic E-state index is 12.8. The average molecular weight is 340 g/mol. The Morgan fingerprint density at radius 2 is 1.88 bits per heavy atom. The van der Waals surface area contributed by atoms with E-state index in [4.69, 9.17) is 4.42 Å². The lowest BCUT2D eigenvalue weighted by Crippen LogP contribution is -2.28. The van der Waals surface area contributed by atoms with E-state index in [2.05, 4.69) is 5.32 Å². The van der Waals surface area contributed by atoms with Crippen LogP contribution in [0.25, 0.3) is 11.0 Å². The first-order valence-electron chi connectivity index (χ1n) is 7.90. The van der Waals surface area contributed by atoms with Gasteiger partial charge in [0, 0.05) is 18.5 Å². The van der Waals surface area contributed by atoms with Crippen molar-refractivity contribution in [3.05, 3.63) is 52.4 Å². The molecule has 0 radical (unpaired) electrons. The maximum Gasteiger partial charge on any atom is 0.291 e. The SMILES string of the molecule is O=C(Nc1c(C(=O)N2CCCC2)oc2ccccc12)c1cccs1. The summed E-state index contributed by atoms with van der Waals surface area (Å²) in [6, 6.07) is 10.9. The number of carbonyl (C=O) groups excluding carboxylic acids is 2. The zero-order chi connectivity index (χ0) is 16.5. The first kappa shape index (κ1) is 15.0. The second kappa shape index (κ2) is 6.13. The molecule has 1 fully saturated rings. The Labute approximate surface area is 142 Å². The molecule has 4 rings (SSSR count). The van der Waals surface area contributed by atoms with Crippen molar-refractivity contribution in [2.45, 2.75) is 12.8 Å². The third kappa shape index (κ3) is 2.59. The van der Waals surface area contributed by atoms with Crippen LogP contribution in [-0.2, 0) is 0 Å². The van der Waals surface area contributed by atoms with Crippen molar-refractivity contribution in [1.82, 2.24) is 4.90 Å². The molecule has 24 heavy (non-hydrogen) atoms. The summed E-state index contributed by atoms with van der Waals surface area (Å²) in [7, 11) is 0. The Kier molecular flexibility index (Phi) is 3.82. The van der Waals surface area contributed by atoms with E-state index in [1.54, 1.807) is 17.0 Å². The lowest BCUT2D eigenvalue weighted by atomic mass is 10.2. The van der Waals surface area contributed by atoms with E-state index in [1.807, 2.05) is 29.6 Å². The molecule has 1 aliphatic rings. The van der Waals surface area contributed by atoms with Crippen LogP contribution in [0.4, 0.5) is 5.69 Å². The number of para-hydroxylation sites is 1. The number of hydrogen-bond acceptors (Lipinski definition) is 4. The van der Waals surface area contributed by atoms with Crippen LogP contribution >= 0.6 is 11.3 Å². The molecule has 2 aromatic heterocycles. The Balaban J connectivity index is 1.75. The predicted molar refractivity (Wildman–Crippen MR) is 93.6 cm³/mol. The van der Waals surface area contributed by atoms with E-state index in [0.29, 0.717) is 16.1 Å². The maximum atomic E-state index is 12.8. The standard InChI is InChI=1S/C18H16N2O3S/c21-17(14-8-5-11-24-14)19-15-12-6-1-2-7-13(12)23-16(15)18(22)20-9-3-4-10-20/h1-2,5-8,11H,3-4,9-10H2,(H,19,21). The van der Waals surface area contributed by atoms with Crippen LogP contribution in [0.2, 0.25) is 0 Å². The highest BCUT2D eigenvalue weighted by Crippen LogP contribution is 2.33. The molecule has 1 aliphatic heterocycles. The number of hydrogen-bond donors (Lipinski definition) is 1.